The van der Waals surface area contributed by atoms with Crippen LogP contribution in [0.4, 0.5) is 28.8 Å². The van der Waals surface area contributed by atoms with Crippen LogP contribution in [0.3, 0.4) is 0 Å². The highest BCUT2D eigenvalue weighted by molar-refractivity contribution is 5.63. The van der Waals surface area contributed by atoms with Crippen LogP contribution >= 0.6 is 0 Å². The minimum atomic E-state index is 0.658. The second-order valence-corrected chi connectivity index (χ2v) is 7.10. The monoisotopic (exact) mass is 374 g/mol. The van der Waals surface area contributed by atoms with Crippen LogP contribution in [0.5, 0.6) is 0 Å². The summed E-state index contributed by atoms with van der Waals surface area (Å²) in [6.07, 6.45) is 1.78. The second-order valence-electron chi connectivity index (χ2n) is 7.10. The van der Waals surface area contributed by atoms with E-state index in [1.807, 2.05) is 48.3 Å². The van der Waals surface area contributed by atoms with Gasteiger partial charge in [-0.05, 0) is 49.5 Å². The SMILES string of the molecule is CN1CCN(c2ccc(Nc3ccnc(N(C)c4ccccc4)n3)cc2)CC1. The van der Waals surface area contributed by atoms with Crippen molar-refractivity contribution in [2.75, 3.05) is 55.4 Å². The smallest absolute Gasteiger partial charge is 0.231 e. The van der Waals surface area contributed by atoms with E-state index in [1.54, 1.807) is 6.20 Å². The lowest BCUT2D eigenvalue weighted by Crippen LogP contribution is -2.44. The van der Waals surface area contributed by atoms with Crippen molar-refractivity contribution in [3.05, 3.63) is 66.9 Å². The first kappa shape index (κ1) is 18.3. The maximum Gasteiger partial charge on any atom is 0.231 e. The van der Waals surface area contributed by atoms with Gasteiger partial charge in [0, 0.05) is 56.5 Å². The highest BCUT2D eigenvalue weighted by atomic mass is 15.3. The molecule has 0 aliphatic carbocycles. The van der Waals surface area contributed by atoms with Crippen molar-refractivity contribution in [3.8, 4) is 0 Å². The summed E-state index contributed by atoms with van der Waals surface area (Å²) in [5, 5.41) is 3.38. The molecule has 1 fully saturated rings. The van der Waals surface area contributed by atoms with Crippen molar-refractivity contribution >= 4 is 28.8 Å². The summed E-state index contributed by atoms with van der Waals surface area (Å²) < 4.78 is 0. The minimum absolute atomic E-state index is 0.658. The first-order valence-electron chi connectivity index (χ1n) is 9.61. The van der Waals surface area contributed by atoms with Crippen molar-refractivity contribution in [2.24, 2.45) is 0 Å². The fraction of sp³-hybridized carbons (Fsp3) is 0.273. The van der Waals surface area contributed by atoms with Crippen molar-refractivity contribution in [1.82, 2.24) is 14.9 Å². The Bertz CT molecular complexity index is 888. The average molecular weight is 374 g/mol. The molecule has 4 rings (SSSR count). The molecule has 0 saturated carbocycles. The van der Waals surface area contributed by atoms with E-state index >= 15 is 0 Å². The number of nitrogens with zero attached hydrogens (tertiary/aromatic N) is 5. The fourth-order valence-electron chi connectivity index (χ4n) is 3.31. The highest BCUT2D eigenvalue weighted by Gasteiger charge is 2.14. The van der Waals surface area contributed by atoms with Crippen LogP contribution in [0.15, 0.2) is 66.9 Å². The Morgan fingerprint density at radius 3 is 2.32 bits per heavy atom. The van der Waals surface area contributed by atoms with E-state index in [0.29, 0.717) is 5.95 Å². The number of hydrogen-bond donors (Lipinski definition) is 1. The Labute approximate surface area is 166 Å². The molecular formula is C22H26N6. The molecule has 0 unspecified atom stereocenters. The van der Waals surface area contributed by atoms with Gasteiger partial charge in [-0.2, -0.15) is 4.98 Å². The van der Waals surface area contributed by atoms with Crippen molar-refractivity contribution in [2.45, 2.75) is 0 Å². The minimum Gasteiger partial charge on any atom is -0.369 e. The van der Waals surface area contributed by atoms with E-state index < -0.39 is 0 Å². The van der Waals surface area contributed by atoms with Crippen molar-refractivity contribution < 1.29 is 0 Å². The number of benzene rings is 2. The molecule has 3 aromatic rings. The van der Waals surface area contributed by atoms with Crippen LogP contribution < -0.4 is 15.1 Å². The number of likely N-dealkylation sites (N-methyl/N-ethyl adjacent to an activating group) is 1. The Morgan fingerprint density at radius 2 is 1.61 bits per heavy atom. The number of aromatic nitrogens is 2. The Hall–Kier alpha value is -3.12. The normalized spacial score (nSPS) is 14.7. The highest BCUT2D eigenvalue weighted by Crippen LogP contribution is 2.24. The van der Waals surface area contributed by atoms with Gasteiger partial charge in [0.25, 0.3) is 0 Å². The number of nitrogens with one attached hydrogen (secondary N) is 1. The standard InChI is InChI=1S/C22H26N6/c1-26-14-16-28(17-15-26)20-10-8-18(9-11-20)24-21-12-13-23-22(25-21)27(2)19-6-4-3-5-7-19/h3-13H,14-17H2,1-2H3,(H,23,24,25). The number of rotatable bonds is 5. The van der Waals surface area contributed by atoms with Gasteiger partial charge in [0.15, 0.2) is 0 Å². The van der Waals surface area contributed by atoms with Gasteiger partial charge in [0.2, 0.25) is 5.95 Å². The molecule has 1 N–H and O–H groups in total. The number of anilines is 5. The van der Waals surface area contributed by atoms with Gasteiger partial charge in [-0.1, -0.05) is 18.2 Å². The Kier molecular flexibility index (Phi) is 5.39. The predicted molar refractivity (Wildman–Crippen MR) is 116 cm³/mol. The summed E-state index contributed by atoms with van der Waals surface area (Å²) in [6, 6.07) is 20.6. The van der Waals surface area contributed by atoms with Crippen molar-refractivity contribution in [3.63, 3.8) is 0 Å². The molecule has 0 amide bonds. The van der Waals surface area contributed by atoms with E-state index in [1.165, 1.54) is 5.69 Å². The molecule has 1 aliphatic rings. The van der Waals surface area contributed by atoms with Gasteiger partial charge in [0.1, 0.15) is 5.82 Å². The van der Waals surface area contributed by atoms with Crippen LogP contribution in [0, 0.1) is 0 Å². The second kappa shape index (κ2) is 8.27. The number of para-hydroxylation sites is 1. The summed E-state index contributed by atoms with van der Waals surface area (Å²) in [5.41, 5.74) is 3.34. The topological polar surface area (TPSA) is 47.5 Å². The zero-order valence-electron chi connectivity index (χ0n) is 16.4. The predicted octanol–water partition coefficient (Wildman–Crippen LogP) is 3.74. The summed E-state index contributed by atoms with van der Waals surface area (Å²) in [5.74, 6) is 1.44. The third-order valence-electron chi connectivity index (χ3n) is 5.09. The van der Waals surface area contributed by atoms with E-state index in [2.05, 4.69) is 56.4 Å². The molecule has 0 atom stereocenters. The first-order chi connectivity index (χ1) is 13.7. The summed E-state index contributed by atoms with van der Waals surface area (Å²) >= 11 is 0. The lowest BCUT2D eigenvalue weighted by Gasteiger charge is -2.34. The molecule has 2 heterocycles. The zero-order chi connectivity index (χ0) is 19.3. The maximum absolute atomic E-state index is 4.65. The van der Waals surface area contributed by atoms with E-state index in [4.69, 9.17) is 0 Å². The van der Waals surface area contributed by atoms with Gasteiger partial charge in [-0.15, -0.1) is 0 Å². The molecule has 28 heavy (non-hydrogen) atoms. The lowest BCUT2D eigenvalue weighted by atomic mass is 10.2. The fourth-order valence-corrected chi connectivity index (χ4v) is 3.31. The van der Waals surface area contributed by atoms with E-state index in [-0.39, 0.29) is 0 Å². The molecule has 6 heteroatoms. The van der Waals surface area contributed by atoms with Gasteiger partial charge in [-0.3, -0.25) is 0 Å². The van der Waals surface area contributed by atoms with Gasteiger partial charge in [0.05, 0.1) is 0 Å². The van der Waals surface area contributed by atoms with Crippen LogP contribution in [0.2, 0.25) is 0 Å². The molecule has 6 nitrogen and oxygen atoms in total. The number of piperazine rings is 1. The third kappa shape index (κ3) is 4.23. The third-order valence-corrected chi connectivity index (χ3v) is 5.09. The molecule has 0 radical (unpaired) electrons. The Morgan fingerprint density at radius 1 is 0.893 bits per heavy atom. The van der Waals surface area contributed by atoms with Crippen LogP contribution in [0.1, 0.15) is 0 Å². The van der Waals surface area contributed by atoms with E-state index in [0.717, 1.165) is 43.4 Å². The molecule has 1 aliphatic heterocycles. The first-order valence-corrected chi connectivity index (χ1v) is 9.61. The lowest BCUT2D eigenvalue weighted by molar-refractivity contribution is 0.313. The molecular weight excluding hydrogens is 348 g/mol. The molecule has 144 valence electrons. The molecule has 1 saturated heterocycles. The number of hydrogen-bond acceptors (Lipinski definition) is 6. The van der Waals surface area contributed by atoms with Crippen LogP contribution in [-0.4, -0.2) is 55.1 Å². The molecule has 2 aromatic carbocycles. The van der Waals surface area contributed by atoms with Gasteiger partial charge >= 0.3 is 0 Å². The van der Waals surface area contributed by atoms with Crippen LogP contribution in [-0.2, 0) is 0 Å². The largest absolute Gasteiger partial charge is 0.369 e. The molecule has 0 bridgehead atoms. The average Bonchev–Trinajstić information content (AvgIpc) is 2.75. The van der Waals surface area contributed by atoms with Gasteiger partial charge < -0.3 is 20.0 Å². The van der Waals surface area contributed by atoms with Crippen LogP contribution in [0.25, 0.3) is 0 Å². The van der Waals surface area contributed by atoms with Gasteiger partial charge in [-0.25, -0.2) is 4.98 Å². The summed E-state index contributed by atoms with van der Waals surface area (Å²) in [4.78, 5) is 15.8. The summed E-state index contributed by atoms with van der Waals surface area (Å²) in [6.45, 7) is 4.37. The molecule has 1 aromatic heterocycles. The molecule has 0 spiro atoms. The van der Waals surface area contributed by atoms with Crippen molar-refractivity contribution in [1.29, 1.82) is 0 Å². The maximum atomic E-state index is 4.65. The summed E-state index contributed by atoms with van der Waals surface area (Å²) in [7, 11) is 4.15. The zero-order valence-corrected chi connectivity index (χ0v) is 16.4. The van der Waals surface area contributed by atoms with E-state index in [9.17, 15) is 0 Å². The Balaban J connectivity index is 1.44. The quantitative estimate of drug-likeness (QED) is 0.734.